The van der Waals surface area contributed by atoms with Gasteiger partial charge in [0.25, 0.3) is 11.8 Å². The van der Waals surface area contributed by atoms with Crippen LogP contribution in [0.5, 0.6) is 0 Å². The number of ether oxygens (including phenoxy) is 1. The summed E-state index contributed by atoms with van der Waals surface area (Å²) in [6.07, 6.45) is 0. The maximum absolute atomic E-state index is 14.1. The van der Waals surface area contributed by atoms with E-state index in [0.717, 1.165) is 16.8 Å². The first kappa shape index (κ1) is 19.3. The minimum absolute atomic E-state index is 0.170. The van der Waals surface area contributed by atoms with Crippen molar-refractivity contribution in [2.75, 3.05) is 30.5 Å². The summed E-state index contributed by atoms with van der Waals surface area (Å²) in [5, 5.41) is 3.44. The molecule has 0 radical (unpaired) electrons. The summed E-state index contributed by atoms with van der Waals surface area (Å²) in [4.78, 5) is 31.0. The van der Waals surface area contributed by atoms with Crippen LogP contribution in [0.3, 0.4) is 0 Å². The number of methoxy groups -OCH3 is 1. The number of hydrogen-bond donors (Lipinski definition) is 1. The zero-order valence-corrected chi connectivity index (χ0v) is 17.2. The van der Waals surface area contributed by atoms with Gasteiger partial charge in [-0.05, 0) is 23.8 Å². The maximum Gasteiger partial charge on any atom is 0.279 e. The fraction of sp³-hybridized carbons (Fsp3) is 0.200. The van der Waals surface area contributed by atoms with E-state index in [-0.39, 0.29) is 18.4 Å². The fourth-order valence-electron chi connectivity index (χ4n) is 4.53. The van der Waals surface area contributed by atoms with E-state index in [1.807, 2.05) is 72.8 Å². The van der Waals surface area contributed by atoms with Crippen molar-refractivity contribution in [3.63, 3.8) is 0 Å². The van der Waals surface area contributed by atoms with Crippen LogP contribution in [-0.2, 0) is 21.7 Å². The van der Waals surface area contributed by atoms with Crippen molar-refractivity contribution >= 4 is 23.2 Å². The summed E-state index contributed by atoms with van der Waals surface area (Å²) in [6, 6.07) is 24.9. The summed E-state index contributed by atoms with van der Waals surface area (Å²) in [7, 11) is 1.59. The lowest BCUT2D eigenvalue weighted by atomic mass is 9.93. The molecule has 0 aliphatic carbocycles. The van der Waals surface area contributed by atoms with Gasteiger partial charge in [-0.3, -0.25) is 9.59 Å². The Kier molecular flexibility index (Phi) is 4.71. The van der Waals surface area contributed by atoms with Gasteiger partial charge in [-0.15, -0.1) is 0 Å². The summed E-state index contributed by atoms with van der Waals surface area (Å²) in [5.41, 5.74) is 2.50. The van der Waals surface area contributed by atoms with Gasteiger partial charge in [-0.1, -0.05) is 60.7 Å². The molecule has 3 aromatic carbocycles. The van der Waals surface area contributed by atoms with E-state index in [4.69, 9.17) is 4.74 Å². The number of rotatable bonds is 5. The number of hydrogen-bond acceptors (Lipinski definition) is 4. The van der Waals surface area contributed by atoms with Gasteiger partial charge < -0.3 is 19.9 Å². The van der Waals surface area contributed by atoms with Crippen LogP contribution in [-0.4, -0.2) is 37.0 Å². The molecule has 0 saturated carbocycles. The highest BCUT2D eigenvalue weighted by atomic mass is 16.5. The molecule has 6 nitrogen and oxygen atoms in total. The van der Waals surface area contributed by atoms with Crippen molar-refractivity contribution in [2.45, 2.75) is 12.2 Å². The van der Waals surface area contributed by atoms with Crippen LogP contribution in [0.2, 0.25) is 0 Å². The van der Waals surface area contributed by atoms with Gasteiger partial charge in [-0.25, -0.2) is 0 Å². The minimum Gasteiger partial charge on any atom is -0.383 e. The first-order valence-electron chi connectivity index (χ1n) is 10.3. The van der Waals surface area contributed by atoms with Crippen molar-refractivity contribution in [3.8, 4) is 0 Å². The van der Waals surface area contributed by atoms with E-state index in [1.54, 1.807) is 23.0 Å². The molecule has 1 spiro atoms. The van der Waals surface area contributed by atoms with Crippen LogP contribution in [0.4, 0.5) is 11.4 Å². The summed E-state index contributed by atoms with van der Waals surface area (Å²) in [5.74, 6) is -0.354. The molecule has 2 heterocycles. The lowest BCUT2D eigenvalue weighted by Crippen LogP contribution is -2.63. The third-order valence-electron chi connectivity index (χ3n) is 5.96. The Morgan fingerprint density at radius 3 is 2.42 bits per heavy atom. The van der Waals surface area contributed by atoms with Crippen molar-refractivity contribution in [3.05, 3.63) is 95.6 Å². The normalized spacial score (nSPS) is 19.4. The second kappa shape index (κ2) is 7.56. The molecule has 3 aromatic rings. The average molecular weight is 413 g/mol. The molecule has 156 valence electrons. The predicted octanol–water partition coefficient (Wildman–Crippen LogP) is 3.60. The number of para-hydroxylation sites is 2. The zero-order valence-electron chi connectivity index (χ0n) is 17.2. The molecule has 2 aliphatic rings. The molecule has 1 unspecified atom stereocenters. The van der Waals surface area contributed by atoms with Crippen LogP contribution in [0.15, 0.2) is 78.9 Å². The molecule has 1 N–H and O–H groups in total. The molecule has 0 bridgehead atoms. The van der Waals surface area contributed by atoms with Crippen LogP contribution in [0, 0.1) is 0 Å². The Labute approximate surface area is 181 Å². The number of carbonyl (C=O) groups excluding carboxylic acids is 2. The van der Waals surface area contributed by atoms with Gasteiger partial charge in [0, 0.05) is 24.9 Å². The van der Waals surface area contributed by atoms with Crippen molar-refractivity contribution < 1.29 is 14.3 Å². The van der Waals surface area contributed by atoms with Gasteiger partial charge in [0.2, 0.25) is 5.66 Å². The molecule has 31 heavy (non-hydrogen) atoms. The van der Waals surface area contributed by atoms with Crippen LogP contribution >= 0.6 is 0 Å². The van der Waals surface area contributed by atoms with Gasteiger partial charge in [0.15, 0.2) is 0 Å². The molecule has 0 fully saturated rings. The first-order chi connectivity index (χ1) is 15.2. The zero-order chi connectivity index (χ0) is 21.4. The highest BCUT2D eigenvalue weighted by Crippen LogP contribution is 2.48. The summed E-state index contributed by atoms with van der Waals surface area (Å²) in [6.45, 7) is 1.04. The van der Waals surface area contributed by atoms with E-state index < -0.39 is 5.66 Å². The molecular formula is C25H23N3O3. The molecule has 2 amide bonds. The van der Waals surface area contributed by atoms with Crippen molar-refractivity contribution in [2.24, 2.45) is 0 Å². The average Bonchev–Trinajstić information content (AvgIpc) is 3.03. The number of amides is 2. The topological polar surface area (TPSA) is 61.9 Å². The molecule has 2 aliphatic heterocycles. The van der Waals surface area contributed by atoms with E-state index >= 15 is 0 Å². The third kappa shape index (κ3) is 2.91. The Hall–Kier alpha value is -3.64. The highest BCUT2D eigenvalue weighted by Gasteiger charge is 2.58. The predicted molar refractivity (Wildman–Crippen MR) is 119 cm³/mol. The van der Waals surface area contributed by atoms with E-state index in [0.29, 0.717) is 24.4 Å². The van der Waals surface area contributed by atoms with E-state index in [2.05, 4.69) is 5.32 Å². The van der Waals surface area contributed by atoms with Crippen LogP contribution in [0.1, 0.15) is 21.5 Å². The lowest BCUT2D eigenvalue weighted by molar-refractivity contribution is -0.127. The molecule has 6 heteroatoms. The fourth-order valence-corrected chi connectivity index (χ4v) is 4.53. The summed E-state index contributed by atoms with van der Waals surface area (Å²) < 4.78 is 5.28. The molecule has 5 rings (SSSR count). The quantitative estimate of drug-likeness (QED) is 0.694. The van der Waals surface area contributed by atoms with E-state index in [1.165, 1.54) is 0 Å². The van der Waals surface area contributed by atoms with Gasteiger partial charge >= 0.3 is 0 Å². The second-order valence-electron chi connectivity index (χ2n) is 7.72. The Morgan fingerprint density at radius 1 is 0.903 bits per heavy atom. The van der Waals surface area contributed by atoms with Gasteiger partial charge in [0.05, 0.1) is 24.4 Å². The Bertz CT molecular complexity index is 1150. The lowest BCUT2D eigenvalue weighted by Gasteiger charge is -2.45. The van der Waals surface area contributed by atoms with Crippen molar-refractivity contribution in [1.29, 1.82) is 0 Å². The molecule has 0 saturated heterocycles. The van der Waals surface area contributed by atoms with Gasteiger partial charge in [-0.2, -0.15) is 0 Å². The SMILES string of the molecule is COCCN1C(=O)c2ccccc2NC12C(=O)N(Cc1ccccc1)c1ccccc12. The van der Waals surface area contributed by atoms with Crippen molar-refractivity contribution in [1.82, 2.24) is 4.90 Å². The number of anilines is 2. The molecular weight excluding hydrogens is 390 g/mol. The number of carbonyl (C=O) groups is 2. The standard InChI is InChI=1S/C25H23N3O3/c1-31-16-15-28-23(29)19-11-5-7-13-21(19)26-25(28)20-12-6-8-14-22(20)27(24(25)30)17-18-9-3-2-4-10-18/h2-14,26H,15-17H2,1H3. The smallest absolute Gasteiger partial charge is 0.279 e. The van der Waals surface area contributed by atoms with Crippen LogP contribution in [0.25, 0.3) is 0 Å². The van der Waals surface area contributed by atoms with Gasteiger partial charge in [0.1, 0.15) is 0 Å². The number of benzene rings is 3. The van der Waals surface area contributed by atoms with Crippen LogP contribution < -0.4 is 10.2 Å². The number of nitrogens with one attached hydrogen (secondary N) is 1. The third-order valence-corrected chi connectivity index (χ3v) is 5.96. The highest BCUT2D eigenvalue weighted by molar-refractivity contribution is 6.15. The first-order valence-corrected chi connectivity index (χ1v) is 10.3. The Morgan fingerprint density at radius 2 is 1.61 bits per heavy atom. The molecule has 1 atom stereocenters. The number of nitrogens with zero attached hydrogens (tertiary/aromatic N) is 2. The summed E-state index contributed by atoms with van der Waals surface area (Å²) >= 11 is 0. The van der Waals surface area contributed by atoms with E-state index in [9.17, 15) is 9.59 Å². The maximum atomic E-state index is 14.1. The second-order valence-corrected chi connectivity index (χ2v) is 7.72. The minimum atomic E-state index is -1.31. The number of fused-ring (bicyclic) bond motifs is 3. The monoisotopic (exact) mass is 413 g/mol. The molecule has 0 aromatic heterocycles. The Balaban J connectivity index is 1.67. The largest absolute Gasteiger partial charge is 0.383 e.